The molecule has 2 atom stereocenters. The third kappa shape index (κ3) is 7.97. The van der Waals surface area contributed by atoms with Crippen LogP contribution in [0.1, 0.15) is 26.3 Å². The molecule has 1 aromatic carbocycles. The number of nitrogens with two attached hydrogens (primary N) is 1. The fourth-order valence-electron chi connectivity index (χ4n) is 1.40. The molecule has 0 aromatic heterocycles. The highest BCUT2D eigenvalue weighted by Crippen LogP contribution is 2.70. The molecule has 0 aliphatic carbocycles. The molecule has 12 heteroatoms. The first kappa shape index (κ1) is 22.1. The minimum atomic E-state index is -4.21. The van der Waals surface area contributed by atoms with Gasteiger partial charge in [0.1, 0.15) is 0 Å². The van der Waals surface area contributed by atoms with Crippen LogP contribution in [0.2, 0.25) is 0 Å². The molecule has 1 aromatic rings. The Kier molecular flexibility index (Phi) is 9.05. The summed E-state index contributed by atoms with van der Waals surface area (Å²) in [5, 5.41) is 13.4. The molecule has 0 heterocycles. The van der Waals surface area contributed by atoms with Gasteiger partial charge in [-0.05, 0) is 18.6 Å². The quantitative estimate of drug-likeness (QED) is 0.362. The molecule has 4 N–H and O–H groups in total. The Hall–Kier alpha value is -0.890. The van der Waals surface area contributed by atoms with Crippen molar-refractivity contribution in [1.82, 2.24) is 5.09 Å². The predicted molar refractivity (Wildman–Crippen MR) is 92.7 cm³/mol. The normalized spacial score (nSPS) is 15.6. The van der Waals surface area contributed by atoms with Gasteiger partial charge in [0.2, 0.25) is 5.75 Å². The van der Waals surface area contributed by atoms with Crippen molar-refractivity contribution in [3.63, 3.8) is 0 Å². The molecule has 132 valence electrons. The number of nitro benzene ring substituents is 1. The fraction of sp³-hybridized carbons (Fsp3) is 0.455. The zero-order chi connectivity index (χ0) is 18.3. The summed E-state index contributed by atoms with van der Waals surface area (Å²) in [7, 11) is 0. The number of rotatable bonds is 7. The maximum absolute atomic E-state index is 12.5. The van der Waals surface area contributed by atoms with Gasteiger partial charge in [0, 0.05) is 12.6 Å². The van der Waals surface area contributed by atoms with Gasteiger partial charge < -0.3 is 9.42 Å². The molecule has 1 rings (SSSR count). The van der Waals surface area contributed by atoms with Crippen molar-refractivity contribution in [2.24, 2.45) is 5.50 Å². The number of nitro groups is 1. The summed E-state index contributed by atoms with van der Waals surface area (Å²) >= 11 is 0.0367. The van der Waals surface area contributed by atoms with E-state index in [2.05, 4.69) is 5.09 Å². The van der Waals surface area contributed by atoms with Crippen molar-refractivity contribution in [2.45, 2.75) is 27.7 Å². The lowest BCUT2D eigenvalue weighted by Gasteiger charge is -2.19. The molecule has 2 unspecified atom stereocenters. The lowest BCUT2D eigenvalue weighted by molar-refractivity contribution is -0.385. The summed E-state index contributed by atoms with van der Waals surface area (Å²) in [5.41, 5.74) is 5.20. The van der Waals surface area contributed by atoms with Crippen LogP contribution in [-0.2, 0) is 9.13 Å². The molecular weight excluding hydrogens is 364 g/mol. The van der Waals surface area contributed by atoms with Crippen LogP contribution in [0.3, 0.4) is 0 Å². The molecular formula is C11H21N3O6P2S. The second-order valence-electron chi connectivity index (χ2n) is 3.97. The maximum atomic E-state index is 12.5. The van der Waals surface area contributed by atoms with Crippen LogP contribution in [0, 0.1) is 17.0 Å². The number of nitrogens with one attached hydrogen (secondary N) is 1. The number of nitrogens with zero attached hydrogens (tertiary/aromatic N) is 1. The molecule has 0 amide bonds. The number of benzene rings is 1. The summed E-state index contributed by atoms with van der Waals surface area (Å²) in [4.78, 5) is 19.4. The zero-order valence-electron chi connectivity index (χ0n) is 13.3. The standard InChI is InChI=1S/C9H15N3O6P2S.C2H6/c1-3-11-20(17,21-19(10,15)16)18-9-5-4-7(2)6-8(9)12(13)14;1-2/h4-6H,3H2,1-2H3,(H,11,17)(H3,10,15,16);1-2H3. The highest BCUT2D eigenvalue weighted by Gasteiger charge is 2.35. The molecule has 0 radical (unpaired) electrons. The second-order valence-corrected chi connectivity index (χ2v) is 11.7. The molecule has 0 bridgehead atoms. The van der Waals surface area contributed by atoms with E-state index in [1.165, 1.54) is 18.2 Å². The van der Waals surface area contributed by atoms with E-state index < -0.39 is 24.1 Å². The fourth-order valence-corrected chi connectivity index (χ4v) is 8.08. The van der Waals surface area contributed by atoms with E-state index in [0.717, 1.165) is 0 Å². The molecule has 0 spiro atoms. The summed E-state index contributed by atoms with van der Waals surface area (Å²) in [6.45, 7) is -0.724. The number of hydrogen-bond donors (Lipinski definition) is 3. The predicted octanol–water partition coefficient (Wildman–Crippen LogP) is 3.82. The zero-order valence-corrected chi connectivity index (χ0v) is 15.9. The van der Waals surface area contributed by atoms with Crippen molar-refractivity contribution >= 4 is 30.1 Å². The molecule has 0 saturated carbocycles. The largest absolute Gasteiger partial charge is 0.418 e. The monoisotopic (exact) mass is 385 g/mol. The van der Waals surface area contributed by atoms with Crippen LogP contribution in [0.25, 0.3) is 0 Å². The van der Waals surface area contributed by atoms with Gasteiger partial charge in [-0.25, -0.2) is 9.65 Å². The topological polar surface area (TPSA) is 145 Å². The second kappa shape index (κ2) is 9.42. The average Bonchev–Trinajstić information content (AvgIpc) is 2.41. The Morgan fingerprint density at radius 3 is 2.43 bits per heavy atom. The minimum absolute atomic E-state index is 0.0367. The van der Waals surface area contributed by atoms with E-state index >= 15 is 0 Å². The van der Waals surface area contributed by atoms with Crippen LogP contribution in [-0.4, -0.2) is 16.4 Å². The Bertz CT molecular complexity index is 636. The lowest BCUT2D eigenvalue weighted by atomic mass is 10.2. The van der Waals surface area contributed by atoms with Crippen LogP contribution in [0.5, 0.6) is 5.75 Å². The van der Waals surface area contributed by atoms with E-state index in [9.17, 15) is 19.2 Å². The van der Waals surface area contributed by atoms with Crippen LogP contribution < -0.4 is 15.1 Å². The van der Waals surface area contributed by atoms with Crippen molar-refractivity contribution in [1.29, 1.82) is 0 Å². The molecule has 0 saturated heterocycles. The molecule has 0 fully saturated rings. The van der Waals surface area contributed by atoms with Crippen molar-refractivity contribution in [3.8, 4) is 5.75 Å². The smallest absolute Gasteiger partial charge is 0.384 e. The molecule has 9 nitrogen and oxygen atoms in total. The number of hydrogen-bond acceptors (Lipinski definition) is 6. The van der Waals surface area contributed by atoms with Crippen molar-refractivity contribution < 1.29 is 23.5 Å². The third-order valence-electron chi connectivity index (χ3n) is 2.11. The Balaban J connectivity index is 0.00000232. The van der Waals surface area contributed by atoms with Gasteiger partial charge in [-0.1, -0.05) is 26.8 Å². The first-order chi connectivity index (χ1) is 10.6. The summed E-state index contributed by atoms with van der Waals surface area (Å²) in [5.74, 6) is -0.268. The van der Waals surface area contributed by atoms with Gasteiger partial charge in [0.05, 0.1) is 15.9 Å². The van der Waals surface area contributed by atoms with E-state index in [1.54, 1.807) is 13.8 Å². The number of aryl methyl sites for hydroxylation is 1. The summed E-state index contributed by atoms with van der Waals surface area (Å²) in [6, 6.07) is 4.05. The van der Waals surface area contributed by atoms with Gasteiger partial charge >= 0.3 is 19.1 Å². The Labute approximate surface area is 138 Å². The molecule has 23 heavy (non-hydrogen) atoms. The Morgan fingerprint density at radius 2 is 2.00 bits per heavy atom. The van der Waals surface area contributed by atoms with Crippen LogP contribution >= 0.6 is 24.4 Å². The van der Waals surface area contributed by atoms with Crippen LogP contribution in [0.15, 0.2) is 18.2 Å². The summed E-state index contributed by atoms with van der Waals surface area (Å²) < 4.78 is 28.8. The van der Waals surface area contributed by atoms with Crippen LogP contribution in [0.4, 0.5) is 5.69 Å². The van der Waals surface area contributed by atoms with Gasteiger partial charge in [0.25, 0.3) is 0 Å². The third-order valence-corrected chi connectivity index (χ3v) is 9.69. The summed E-state index contributed by atoms with van der Waals surface area (Å²) in [6.07, 6.45) is 0. The van der Waals surface area contributed by atoms with E-state index in [1.807, 2.05) is 13.8 Å². The first-order valence-electron chi connectivity index (χ1n) is 6.69. The minimum Gasteiger partial charge on any atom is -0.418 e. The van der Waals surface area contributed by atoms with Crippen molar-refractivity contribution in [2.75, 3.05) is 6.54 Å². The SMILES string of the molecule is CC.CCNP(=O)(Oc1ccc(C)cc1[N+](=O)[O-])SP(N)(=O)O. The molecule has 0 aliphatic heterocycles. The van der Waals surface area contributed by atoms with Crippen molar-refractivity contribution in [3.05, 3.63) is 33.9 Å². The van der Waals surface area contributed by atoms with E-state index in [4.69, 9.17) is 14.9 Å². The van der Waals surface area contributed by atoms with E-state index in [-0.39, 0.29) is 23.3 Å². The first-order valence-corrected chi connectivity index (χ1v) is 12.1. The Morgan fingerprint density at radius 1 is 1.43 bits per heavy atom. The van der Waals surface area contributed by atoms with E-state index in [0.29, 0.717) is 5.56 Å². The lowest BCUT2D eigenvalue weighted by Crippen LogP contribution is -2.12. The average molecular weight is 385 g/mol. The van der Waals surface area contributed by atoms with Gasteiger partial charge in [0.15, 0.2) is 0 Å². The highest BCUT2D eigenvalue weighted by molar-refractivity contribution is 8.85. The highest BCUT2D eigenvalue weighted by atomic mass is 33.1. The maximum Gasteiger partial charge on any atom is 0.384 e. The van der Waals surface area contributed by atoms with Gasteiger partial charge in [-0.15, -0.1) is 0 Å². The molecule has 0 aliphatic rings. The van der Waals surface area contributed by atoms with Gasteiger partial charge in [-0.3, -0.25) is 20.2 Å². The van der Waals surface area contributed by atoms with Gasteiger partial charge in [-0.2, -0.15) is 0 Å².